The van der Waals surface area contributed by atoms with Crippen LogP contribution >= 0.6 is 11.8 Å². The Bertz CT molecular complexity index is 455. The molecular weight excluding hydrogens is 216 g/mol. The van der Waals surface area contributed by atoms with E-state index in [-0.39, 0.29) is 4.75 Å². The molecule has 16 heavy (non-hydrogen) atoms. The van der Waals surface area contributed by atoms with Gasteiger partial charge in [-0.15, -0.1) is 11.8 Å². The van der Waals surface area contributed by atoms with Crippen LogP contribution in [0.4, 0.5) is 0 Å². The first-order chi connectivity index (χ1) is 7.56. The van der Waals surface area contributed by atoms with Gasteiger partial charge >= 0.3 is 0 Å². The van der Waals surface area contributed by atoms with Crippen molar-refractivity contribution in [1.82, 2.24) is 9.97 Å². The fourth-order valence-electron chi connectivity index (χ4n) is 1.49. The fourth-order valence-corrected chi connectivity index (χ4v) is 2.57. The second-order valence-electron chi connectivity index (χ2n) is 4.65. The average Bonchev–Trinajstić information content (AvgIpc) is 2.69. The van der Waals surface area contributed by atoms with Crippen LogP contribution in [0.25, 0.3) is 11.4 Å². The van der Waals surface area contributed by atoms with Gasteiger partial charge < -0.3 is 4.98 Å². The lowest BCUT2D eigenvalue weighted by molar-refractivity contribution is 0.803. The van der Waals surface area contributed by atoms with E-state index < -0.39 is 0 Å². The molecular formula is C13H16N2S. The standard InChI is InChI=1S/C13H16N2S/c1-13(2,3)16-11-7-5-4-6-10(11)12-14-8-9-15-12/h4-9H,1-3H3,(H,14,15). The monoisotopic (exact) mass is 232 g/mol. The molecule has 0 spiro atoms. The highest BCUT2D eigenvalue weighted by molar-refractivity contribution is 8.00. The number of aromatic amines is 1. The van der Waals surface area contributed by atoms with Crippen molar-refractivity contribution >= 4 is 11.8 Å². The van der Waals surface area contributed by atoms with Crippen LogP contribution in [0.15, 0.2) is 41.6 Å². The summed E-state index contributed by atoms with van der Waals surface area (Å²) in [6, 6.07) is 8.37. The number of hydrogen-bond donors (Lipinski definition) is 1. The van der Waals surface area contributed by atoms with Crippen molar-refractivity contribution < 1.29 is 0 Å². The van der Waals surface area contributed by atoms with Crippen molar-refractivity contribution in [3.8, 4) is 11.4 Å². The molecule has 84 valence electrons. The Balaban J connectivity index is 2.39. The molecule has 1 N–H and O–H groups in total. The lowest BCUT2D eigenvalue weighted by Crippen LogP contribution is -2.07. The third-order valence-electron chi connectivity index (χ3n) is 2.06. The zero-order valence-electron chi connectivity index (χ0n) is 9.82. The Morgan fingerprint density at radius 2 is 1.94 bits per heavy atom. The first-order valence-corrected chi connectivity index (χ1v) is 6.16. The van der Waals surface area contributed by atoms with Crippen molar-refractivity contribution in [1.29, 1.82) is 0 Å². The Hall–Kier alpha value is -1.22. The Morgan fingerprint density at radius 1 is 1.19 bits per heavy atom. The Morgan fingerprint density at radius 3 is 2.56 bits per heavy atom. The van der Waals surface area contributed by atoms with Gasteiger partial charge in [0.2, 0.25) is 0 Å². The minimum Gasteiger partial charge on any atom is -0.345 e. The lowest BCUT2D eigenvalue weighted by atomic mass is 10.2. The molecule has 0 saturated heterocycles. The second-order valence-corrected chi connectivity index (χ2v) is 6.52. The quantitative estimate of drug-likeness (QED) is 0.794. The number of hydrogen-bond acceptors (Lipinski definition) is 2. The molecule has 0 aliphatic carbocycles. The summed E-state index contributed by atoms with van der Waals surface area (Å²) in [4.78, 5) is 8.73. The van der Waals surface area contributed by atoms with Crippen LogP contribution in [-0.2, 0) is 0 Å². The van der Waals surface area contributed by atoms with Crippen LogP contribution in [-0.4, -0.2) is 14.7 Å². The van der Waals surface area contributed by atoms with E-state index in [0.29, 0.717) is 0 Å². The third-order valence-corrected chi connectivity index (χ3v) is 3.24. The highest BCUT2D eigenvalue weighted by atomic mass is 32.2. The predicted molar refractivity (Wildman–Crippen MR) is 69.6 cm³/mol. The molecule has 0 amide bonds. The summed E-state index contributed by atoms with van der Waals surface area (Å²) >= 11 is 1.87. The summed E-state index contributed by atoms with van der Waals surface area (Å²) < 4.78 is 0.211. The summed E-state index contributed by atoms with van der Waals surface area (Å²) in [5.41, 5.74) is 1.17. The van der Waals surface area contributed by atoms with Gasteiger partial charge in [0.25, 0.3) is 0 Å². The van der Waals surface area contributed by atoms with Crippen molar-refractivity contribution in [2.75, 3.05) is 0 Å². The SMILES string of the molecule is CC(C)(C)Sc1ccccc1-c1ncc[nH]1. The summed E-state index contributed by atoms with van der Waals surface area (Å²) in [5.74, 6) is 0.937. The molecule has 0 saturated carbocycles. The molecule has 1 heterocycles. The van der Waals surface area contributed by atoms with Crippen molar-refractivity contribution in [2.45, 2.75) is 30.4 Å². The molecule has 0 atom stereocenters. The highest BCUT2D eigenvalue weighted by Gasteiger charge is 2.15. The van der Waals surface area contributed by atoms with Gasteiger partial charge in [-0.1, -0.05) is 39.0 Å². The van der Waals surface area contributed by atoms with Crippen LogP contribution in [0.3, 0.4) is 0 Å². The van der Waals surface area contributed by atoms with Crippen LogP contribution in [0, 0.1) is 0 Å². The van der Waals surface area contributed by atoms with Crippen LogP contribution in [0.2, 0.25) is 0 Å². The van der Waals surface area contributed by atoms with E-state index in [9.17, 15) is 0 Å². The maximum atomic E-state index is 4.31. The number of H-pyrrole nitrogens is 1. The molecule has 0 aliphatic rings. The van der Waals surface area contributed by atoms with Gasteiger partial charge in [-0.25, -0.2) is 4.98 Å². The van der Waals surface area contributed by atoms with Gasteiger partial charge in [0, 0.05) is 27.6 Å². The van der Waals surface area contributed by atoms with Crippen molar-refractivity contribution in [3.63, 3.8) is 0 Å². The van der Waals surface area contributed by atoms with Gasteiger partial charge in [-0.3, -0.25) is 0 Å². The van der Waals surface area contributed by atoms with Crippen LogP contribution in [0.5, 0.6) is 0 Å². The van der Waals surface area contributed by atoms with E-state index in [1.54, 1.807) is 6.20 Å². The van der Waals surface area contributed by atoms with Gasteiger partial charge in [-0.2, -0.15) is 0 Å². The van der Waals surface area contributed by atoms with E-state index >= 15 is 0 Å². The largest absolute Gasteiger partial charge is 0.345 e. The number of thioether (sulfide) groups is 1. The maximum Gasteiger partial charge on any atom is 0.138 e. The number of aromatic nitrogens is 2. The summed E-state index contributed by atoms with van der Waals surface area (Å²) in [6.07, 6.45) is 3.64. The maximum absolute atomic E-state index is 4.31. The molecule has 0 fully saturated rings. The number of nitrogens with zero attached hydrogens (tertiary/aromatic N) is 1. The number of imidazole rings is 1. The molecule has 1 aromatic heterocycles. The molecule has 3 heteroatoms. The topological polar surface area (TPSA) is 28.7 Å². The summed E-state index contributed by atoms with van der Waals surface area (Å²) in [7, 11) is 0. The minimum atomic E-state index is 0.211. The fraction of sp³-hybridized carbons (Fsp3) is 0.308. The first-order valence-electron chi connectivity index (χ1n) is 5.34. The number of rotatable bonds is 2. The van der Waals surface area contributed by atoms with E-state index in [4.69, 9.17) is 0 Å². The third kappa shape index (κ3) is 2.67. The van der Waals surface area contributed by atoms with Crippen LogP contribution in [0.1, 0.15) is 20.8 Å². The molecule has 2 rings (SSSR count). The Kier molecular flexibility index (Phi) is 3.06. The first kappa shape index (κ1) is 11.3. The normalized spacial score (nSPS) is 11.7. The van der Waals surface area contributed by atoms with E-state index in [0.717, 1.165) is 5.82 Å². The lowest BCUT2D eigenvalue weighted by Gasteiger charge is -2.19. The van der Waals surface area contributed by atoms with E-state index in [1.165, 1.54) is 10.5 Å². The number of benzene rings is 1. The van der Waals surface area contributed by atoms with Gasteiger partial charge in [0.15, 0.2) is 0 Å². The van der Waals surface area contributed by atoms with E-state index in [2.05, 4.69) is 48.9 Å². The second kappa shape index (κ2) is 4.34. The molecule has 0 radical (unpaired) electrons. The molecule has 2 aromatic rings. The average molecular weight is 232 g/mol. The molecule has 1 aromatic carbocycles. The zero-order chi connectivity index (χ0) is 11.6. The Labute approximate surface area is 101 Å². The molecule has 0 unspecified atom stereocenters. The van der Waals surface area contributed by atoms with Gasteiger partial charge in [0.05, 0.1) is 0 Å². The molecule has 0 bridgehead atoms. The zero-order valence-corrected chi connectivity index (χ0v) is 10.6. The number of nitrogens with one attached hydrogen (secondary N) is 1. The van der Waals surface area contributed by atoms with Crippen molar-refractivity contribution in [2.24, 2.45) is 0 Å². The smallest absolute Gasteiger partial charge is 0.138 e. The van der Waals surface area contributed by atoms with Crippen molar-refractivity contribution in [3.05, 3.63) is 36.7 Å². The summed E-state index contributed by atoms with van der Waals surface area (Å²) in [6.45, 7) is 6.66. The predicted octanol–water partition coefficient (Wildman–Crippen LogP) is 3.97. The van der Waals surface area contributed by atoms with Gasteiger partial charge in [-0.05, 0) is 6.07 Å². The van der Waals surface area contributed by atoms with Gasteiger partial charge in [0.1, 0.15) is 5.82 Å². The van der Waals surface area contributed by atoms with E-state index in [1.807, 2.05) is 24.0 Å². The molecule has 0 aliphatic heterocycles. The van der Waals surface area contributed by atoms with Crippen LogP contribution < -0.4 is 0 Å². The molecule has 2 nitrogen and oxygen atoms in total. The minimum absolute atomic E-state index is 0.211. The highest BCUT2D eigenvalue weighted by Crippen LogP contribution is 2.37. The summed E-state index contributed by atoms with van der Waals surface area (Å²) in [5, 5.41) is 0.